The Morgan fingerprint density at radius 1 is 1.23 bits per heavy atom. The van der Waals surface area contributed by atoms with Gasteiger partial charge in [0.25, 0.3) is 5.69 Å². The summed E-state index contributed by atoms with van der Waals surface area (Å²) in [5.74, 6) is 1.60. The quantitative estimate of drug-likeness (QED) is 0.198. The Morgan fingerprint density at radius 3 is 2.74 bits per heavy atom. The number of amides is 1. The molecule has 1 amide bonds. The molecule has 0 saturated carbocycles. The molecule has 0 aliphatic rings. The number of para-hydroxylation sites is 1. The van der Waals surface area contributed by atoms with Crippen molar-refractivity contribution in [3.05, 3.63) is 82.3 Å². The minimum absolute atomic E-state index is 0.0918. The third kappa shape index (κ3) is 5.35. The highest BCUT2D eigenvalue weighted by molar-refractivity contribution is 8.00. The normalized spacial score (nSPS) is 11.7. The van der Waals surface area contributed by atoms with E-state index in [2.05, 4.69) is 15.5 Å². The van der Waals surface area contributed by atoms with Crippen molar-refractivity contribution in [2.75, 3.05) is 12.4 Å². The van der Waals surface area contributed by atoms with Crippen LogP contribution in [0.25, 0.3) is 11.4 Å². The number of aryl methyl sites for hydroxylation is 1. The van der Waals surface area contributed by atoms with Gasteiger partial charge in [-0.2, -0.15) is 0 Å². The Labute approximate surface area is 205 Å². The number of ether oxygens (including phenoxy) is 1. The number of hydrogen-bond donors (Lipinski definition) is 1. The van der Waals surface area contributed by atoms with E-state index in [1.54, 1.807) is 39.4 Å². The summed E-state index contributed by atoms with van der Waals surface area (Å²) in [5, 5.41) is 22.6. The number of nitrogens with zero attached hydrogens (tertiary/aromatic N) is 4. The fourth-order valence-corrected chi connectivity index (χ4v) is 4.26. The van der Waals surface area contributed by atoms with Crippen molar-refractivity contribution in [3.63, 3.8) is 0 Å². The molecule has 0 radical (unpaired) electrons. The number of nitrogens with one attached hydrogen (secondary N) is 1. The molecule has 1 N–H and O–H groups in total. The smallest absolute Gasteiger partial charge is 0.271 e. The van der Waals surface area contributed by atoms with Crippen molar-refractivity contribution in [3.8, 4) is 17.1 Å². The topological polar surface area (TPSA) is 125 Å². The number of thioether (sulfide) groups is 1. The molecule has 0 fully saturated rings. The molecule has 35 heavy (non-hydrogen) atoms. The first-order chi connectivity index (χ1) is 16.9. The summed E-state index contributed by atoms with van der Waals surface area (Å²) < 4.78 is 12.9. The van der Waals surface area contributed by atoms with Gasteiger partial charge in [-0.1, -0.05) is 30.0 Å². The number of aromatic nitrogens is 3. The van der Waals surface area contributed by atoms with Crippen LogP contribution in [0.4, 0.5) is 11.4 Å². The van der Waals surface area contributed by atoms with Gasteiger partial charge in [0.2, 0.25) is 5.91 Å². The van der Waals surface area contributed by atoms with Crippen LogP contribution in [0.5, 0.6) is 5.75 Å². The van der Waals surface area contributed by atoms with E-state index in [0.29, 0.717) is 34.7 Å². The largest absolute Gasteiger partial charge is 0.496 e. The molecule has 1 atom stereocenters. The molecule has 10 nitrogen and oxygen atoms in total. The average Bonchev–Trinajstić information content (AvgIpc) is 3.51. The maximum atomic E-state index is 13.0. The van der Waals surface area contributed by atoms with Gasteiger partial charge in [-0.05, 0) is 43.7 Å². The van der Waals surface area contributed by atoms with Crippen LogP contribution in [0, 0.1) is 17.0 Å². The van der Waals surface area contributed by atoms with Crippen LogP contribution in [0.1, 0.15) is 18.2 Å². The number of benzene rings is 2. The Bertz CT molecular complexity index is 1350. The fraction of sp³-hybridized carbons (Fsp3) is 0.208. The van der Waals surface area contributed by atoms with Crippen LogP contribution in [-0.2, 0) is 11.3 Å². The molecule has 0 bridgehead atoms. The molecule has 0 saturated heterocycles. The zero-order valence-corrected chi connectivity index (χ0v) is 20.1. The number of rotatable bonds is 9. The average molecular weight is 494 g/mol. The molecule has 2 aromatic carbocycles. The van der Waals surface area contributed by atoms with Gasteiger partial charge in [-0.3, -0.25) is 19.5 Å². The lowest BCUT2D eigenvalue weighted by Crippen LogP contribution is -2.23. The zero-order valence-electron chi connectivity index (χ0n) is 19.3. The number of carbonyl (C=O) groups is 1. The minimum Gasteiger partial charge on any atom is -0.496 e. The van der Waals surface area contributed by atoms with Crippen LogP contribution < -0.4 is 10.1 Å². The molecule has 1 unspecified atom stereocenters. The van der Waals surface area contributed by atoms with E-state index in [1.807, 2.05) is 34.9 Å². The van der Waals surface area contributed by atoms with Crippen molar-refractivity contribution in [2.24, 2.45) is 0 Å². The predicted octanol–water partition coefficient (Wildman–Crippen LogP) is 4.93. The van der Waals surface area contributed by atoms with Gasteiger partial charge in [-0.15, -0.1) is 10.2 Å². The lowest BCUT2D eigenvalue weighted by atomic mass is 10.2. The fourth-order valence-electron chi connectivity index (χ4n) is 3.41. The van der Waals surface area contributed by atoms with Gasteiger partial charge in [-0.25, -0.2) is 0 Å². The summed E-state index contributed by atoms with van der Waals surface area (Å²) in [6.45, 7) is 3.87. The second-order valence-electron chi connectivity index (χ2n) is 7.68. The van der Waals surface area contributed by atoms with Crippen LogP contribution in [0.2, 0.25) is 0 Å². The standard InChI is InChI=1S/C24H23N5O5S/c1-15-10-11-17(29(31)32)13-20(15)25-23(30)16(2)35-24-27-26-22(19-8-4-5-9-21(19)33-3)28(24)14-18-7-6-12-34-18/h4-13,16H,14H2,1-3H3,(H,25,30). The van der Waals surface area contributed by atoms with Crippen molar-refractivity contribution >= 4 is 29.0 Å². The van der Waals surface area contributed by atoms with Gasteiger partial charge < -0.3 is 14.5 Å². The number of non-ortho nitro benzene ring substituents is 1. The van der Waals surface area contributed by atoms with Crippen molar-refractivity contribution in [1.82, 2.24) is 14.8 Å². The first-order valence-electron chi connectivity index (χ1n) is 10.7. The Kier molecular flexibility index (Phi) is 7.16. The van der Waals surface area contributed by atoms with E-state index in [1.165, 1.54) is 23.9 Å². The third-order valence-electron chi connectivity index (χ3n) is 5.30. The first-order valence-corrected chi connectivity index (χ1v) is 11.6. The Morgan fingerprint density at radius 2 is 2.03 bits per heavy atom. The summed E-state index contributed by atoms with van der Waals surface area (Å²) in [6.07, 6.45) is 1.59. The lowest BCUT2D eigenvalue weighted by molar-refractivity contribution is -0.384. The number of furan rings is 1. The summed E-state index contributed by atoms with van der Waals surface area (Å²) in [5.41, 5.74) is 1.78. The number of hydrogen-bond acceptors (Lipinski definition) is 8. The summed E-state index contributed by atoms with van der Waals surface area (Å²) in [4.78, 5) is 23.6. The van der Waals surface area contributed by atoms with Crippen LogP contribution in [0.15, 0.2) is 70.4 Å². The number of anilines is 1. The second-order valence-corrected chi connectivity index (χ2v) is 8.99. The Hall–Kier alpha value is -4.12. The molecule has 0 aliphatic heterocycles. The van der Waals surface area contributed by atoms with Gasteiger partial charge in [0.1, 0.15) is 11.5 Å². The summed E-state index contributed by atoms with van der Waals surface area (Å²) in [6, 6.07) is 15.5. The van der Waals surface area contributed by atoms with Crippen molar-refractivity contribution in [2.45, 2.75) is 30.8 Å². The van der Waals surface area contributed by atoms with Gasteiger partial charge in [0.15, 0.2) is 11.0 Å². The lowest BCUT2D eigenvalue weighted by Gasteiger charge is -2.15. The number of nitro benzene ring substituents is 1. The highest BCUT2D eigenvalue weighted by atomic mass is 32.2. The molecule has 2 heterocycles. The maximum absolute atomic E-state index is 13.0. The molecular formula is C24H23N5O5S. The van der Waals surface area contributed by atoms with Gasteiger partial charge >= 0.3 is 0 Å². The molecular weight excluding hydrogens is 470 g/mol. The predicted molar refractivity (Wildman–Crippen MR) is 132 cm³/mol. The number of methoxy groups -OCH3 is 1. The molecule has 4 aromatic rings. The van der Waals surface area contributed by atoms with E-state index in [-0.39, 0.29) is 11.6 Å². The summed E-state index contributed by atoms with van der Waals surface area (Å²) >= 11 is 1.23. The molecule has 4 rings (SSSR count). The zero-order chi connectivity index (χ0) is 24.9. The van der Waals surface area contributed by atoms with Gasteiger partial charge in [0.05, 0.1) is 41.3 Å². The van der Waals surface area contributed by atoms with E-state index in [0.717, 1.165) is 11.1 Å². The van der Waals surface area contributed by atoms with Gasteiger partial charge in [0, 0.05) is 12.1 Å². The third-order valence-corrected chi connectivity index (χ3v) is 6.38. The van der Waals surface area contributed by atoms with Crippen LogP contribution in [0.3, 0.4) is 0 Å². The molecule has 180 valence electrons. The maximum Gasteiger partial charge on any atom is 0.271 e. The highest BCUT2D eigenvalue weighted by Crippen LogP contribution is 2.33. The van der Waals surface area contributed by atoms with Crippen LogP contribution >= 0.6 is 11.8 Å². The van der Waals surface area contributed by atoms with Crippen LogP contribution in [-0.4, -0.2) is 38.0 Å². The van der Waals surface area contributed by atoms with E-state index in [4.69, 9.17) is 9.15 Å². The van der Waals surface area contributed by atoms with E-state index >= 15 is 0 Å². The molecule has 0 aliphatic carbocycles. The van der Waals surface area contributed by atoms with E-state index in [9.17, 15) is 14.9 Å². The highest BCUT2D eigenvalue weighted by Gasteiger charge is 2.23. The summed E-state index contributed by atoms with van der Waals surface area (Å²) in [7, 11) is 1.59. The number of carbonyl (C=O) groups excluding carboxylic acids is 1. The van der Waals surface area contributed by atoms with E-state index < -0.39 is 10.2 Å². The second kappa shape index (κ2) is 10.4. The molecule has 11 heteroatoms. The monoisotopic (exact) mass is 493 g/mol. The van der Waals surface area contributed by atoms with Crippen molar-refractivity contribution < 1.29 is 18.9 Å². The molecule has 0 spiro atoms. The number of nitro groups is 1. The SMILES string of the molecule is COc1ccccc1-c1nnc(SC(C)C(=O)Nc2cc([N+](=O)[O-])ccc2C)n1Cc1ccco1. The van der Waals surface area contributed by atoms with Crippen molar-refractivity contribution in [1.29, 1.82) is 0 Å². The Balaban J connectivity index is 1.61. The first kappa shape index (κ1) is 24.0. The molecule has 2 aromatic heterocycles. The minimum atomic E-state index is -0.571.